The molecular formula is C14H22N2O2. The molecule has 0 bridgehead atoms. The average molecular weight is 250 g/mol. The molecule has 0 saturated carbocycles. The Balaban J connectivity index is 3.26. The van der Waals surface area contributed by atoms with Gasteiger partial charge in [-0.1, -0.05) is 6.07 Å². The van der Waals surface area contributed by atoms with Crippen molar-refractivity contribution in [3.05, 3.63) is 23.3 Å². The molecule has 0 aliphatic carbocycles. The predicted octanol–water partition coefficient (Wildman–Crippen LogP) is 2.43. The Morgan fingerprint density at radius 2 is 2.06 bits per heavy atom. The molecule has 1 rings (SSSR count). The standard InChI is InChI=1S/C14H22N2O2/c1-6-16(12(5)18)13-8-7-9(2)14(10(13)3)15-11(4)17/h7-8,12,18H,6H2,1-5H3,(H,15,17). The maximum atomic E-state index is 11.2. The van der Waals surface area contributed by atoms with Gasteiger partial charge in [0.05, 0.1) is 0 Å². The minimum Gasteiger partial charge on any atom is -0.374 e. The molecule has 4 nitrogen and oxygen atoms in total. The summed E-state index contributed by atoms with van der Waals surface area (Å²) in [6.07, 6.45) is -0.554. The van der Waals surface area contributed by atoms with Crippen LogP contribution in [0.4, 0.5) is 11.4 Å². The normalized spacial score (nSPS) is 12.1. The van der Waals surface area contributed by atoms with E-state index in [1.54, 1.807) is 6.92 Å². The van der Waals surface area contributed by atoms with Crippen LogP contribution < -0.4 is 10.2 Å². The van der Waals surface area contributed by atoms with Gasteiger partial charge in [-0.25, -0.2) is 0 Å². The van der Waals surface area contributed by atoms with Crippen molar-refractivity contribution in [2.75, 3.05) is 16.8 Å². The monoisotopic (exact) mass is 250 g/mol. The minimum absolute atomic E-state index is 0.0848. The smallest absolute Gasteiger partial charge is 0.221 e. The quantitative estimate of drug-likeness (QED) is 0.807. The lowest BCUT2D eigenvalue weighted by Crippen LogP contribution is -2.33. The first-order valence-electron chi connectivity index (χ1n) is 6.21. The summed E-state index contributed by atoms with van der Waals surface area (Å²) in [7, 11) is 0. The SMILES string of the molecule is CCN(c1ccc(C)c(NC(C)=O)c1C)C(C)O. The summed E-state index contributed by atoms with van der Waals surface area (Å²) in [5.74, 6) is -0.0848. The van der Waals surface area contributed by atoms with Crippen LogP contribution in [0.5, 0.6) is 0 Å². The second kappa shape index (κ2) is 5.87. The predicted molar refractivity (Wildman–Crippen MR) is 74.9 cm³/mol. The first-order chi connectivity index (χ1) is 8.38. The summed E-state index contributed by atoms with van der Waals surface area (Å²) in [5.41, 5.74) is 3.78. The Kier molecular flexibility index (Phi) is 4.73. The van der Waals surface area contributed by atoms with Crippen LogP contribution in [-0.2, 0) is 4.79 Å². The third-order valence-electron chi connectivity index (χ3n) is 3.05. The highest BCUT2D eigenvalue weighted by molar-refractivity contribution is 5.91. The average Bonchev–Trinajstić information content (AvgIpc) is 2.27. The highest BCUT2D eigenvalue weighted by Gasteiger charge is 2.15. The van der Waals surface area contributed by atoms with Crippen molar-refractivity contribution >= 4 is 17.3 Å². The van der Waals surface area contributed by atoms with Gasteiger partial charge >= 0.3 is 0 Å². The van der Waals surface area contributed by atoms with E-state index in [2.05, 4.69) is 5.32 Å². The Bertz CT molecular complexity index is 442. The maximum absolute atomic E-state index is 11.2. The van der Waals surface area contributed by atoms with Gasteiger partial charge in [0, 0.05) is 24.8 Å². The number of benzene rings is 1. The molecule has 0 spiro atoms. The number of hydrogen-bond donors (Lipinski definition) is 2. The lowest BCUT2D eigenvalue weighted by atomic mass is 10.1. The van der Waals surface area contributed by atoms with Crippen molar-refractivity contribution in [1.29, 1.82) is 0 Å². The highest BCUT2D eigenvalue weighted by Crippen LogP contribution is 2.30. The molecule has 0 aromatic heterocycles. The second-order valence-corrected chi connectivity index (χ2v) is 4.50. The maximum Gasteiger partial charge on any atom is 0.221 e. The third-order valence-corrected chi connectivity index (χ3v) is 3.05. The fourth-order valence-electron chi connectivity index (χ4n) is 2.15. The fourth-order valence-corrected chi connectivity index (χ4v) is 2.15. The molecule has 0 fully saturated rings. The van der Waals surface area contributed by atoms with Gasteiger partial charge in [0.2, 0.25) is 5.91 Å². The van der Waals surface area contributed by atoms with Gasteiger partial charge in [0.25, 0.3) is 0 Å². The topological polar surface area (TPSA) is 52.6 Å². The molecule has 100 valence electrons. The van der Waals surface area contributed by atoms with Crippen LogP contribution in [0, 0.1) is 13.8 Å². The van der Waals surface area contributed by atoms with Gasteiger partial charge in [0.1, 0.15) is 6.23 Å². The molecule has 1 atom stereocenters. The molecule has 0 saturated heterocycles. The number of aliphatic hydroxyl groups excluding tert-OH is 1. The zero-order valence-corrected chi connectivity index (χ0v) is 11.7. The number of aliphatic hydroxyl groups is 1. The number of carbonyl (C=O) groups is 1. The van der Waals surface area contributed by atoms with Crippen LogP contribution in [0.3, 0.4) is 0 Å². The van der Waals surface area contributed by atoms with Gasteiger partial charge in [0.15, 0.2) is 0 Å². The molecule has 0 heterocycles. The van der Waals surface area contributed by atoms with Crippen LogP contribution in [0.15, 0.2) is 12.1 Å². The van der Waals surface area contributed by atoms with Crippen molar-refractivity contribution in [3.8, 4) is 0 Å². The summed E-state index contributed by atoms with van der Waals surface area (Å²) in [4.78, 5) is 13.1. The van der Waals surface area contributed by atoms with E-state index >= 15 is 0 Å². The summed E-state index contributed by atoms with van der Waals surface area (Å²) < 4.78 is 0. The Hall–Kier alpha value is -1.55. The molecule has 1 unspecified atom stereocenters. The number of amides is 1. The fraction of sp³-hybridized carbons (Fsp3) is 0.500. The zero-order valence-electron chi connectivity index (χ0n) is 11.7. The minimum atomic E-state index is -0.554. The molecule has 0 radical (unpaired) electrons. The zero-order chi connectivity index (χ0) is 13.9. The van der Waals surface area contributed by atoms with Crippen molar-refractivity contribution < 1.29 is 9.90 Å². The van der Waals surface area contributed by atoms with Crippen LogP contribution in [0.1, 0.15) is 31.9 Å². The molecule has 1 aromatic rings. The Morgan fingerprint density at radius 3 is 2.50 bits per heavy atom. The second-order valence-electron chi connectivity index (χ2n) is 4.50. The molecule has 1 amide bonds. The number of nitrogens with zero attached hydrogens (tertiary/aromatic N) is 1. The molecular weight excluding hydrogens is 228 g/mol. The number of anilines is 2. The van der Waals surface area contributed by atoms with E-state index in [0.29, 0.717) is 6.54 Å². The summed E-state index contributed by atoms with van der Waals surface area (Å²) in [6.45, 7) is 9.85. The molecule has 0 aliphatic rings. The molecule has 1 aromatic carbocycles. The summed E-state index contributed by atoms with van der Waals surface area (Å²) in [5, 5.41) is 12.6. The van der Waals surface area contributed by atoms with Crippen LogP contribution in [0.25, 0.3) is 0 Å². The Labute approximate surface area is 109 Å². The first-order valence-corrected chi connectivity index (χ1v) is 6.21. The van der Waals surface area contributed by atoms with Crippen molar-refractivity contribution in [2.45, 2.75) is 40.8 Å². The van der Waals surface area contributed by atoms with E-state index in [0.717, 1.165) is 22.5 Å². The first kappa shape index (κ1) is 14.5. The molecule has 2 N–H and O–H groups in total. The van der Waals surface area contributed by atoms with E-state index in [1.807, 2.05) is 37.8 Å². The Morgan fingerprint density at radius 1 is 1.44 bits per heavy atom. The molecule has 4 heteroatoms. The van der Waals surface area contributed by atoms with Gasteiger partial charge in [-0.15, -0.1) is 0 Å². The van der Waals surface area contributed by atoms with E-state index in [1.165, 1.54) is 6.92 Å². The largest absolute Gasteiger partial charge is 0.374 e. The molecule has 18 heavy (non-hydrogen) atoms. The van der Waals surface area contributed by atoms with E-state index in [-0.39, 0.29) is 5.91 Å². The van der Waals surface area contributed by atoms with E-state index < -0.39 is 6.23 Å². The van der Waals surface area contributed by atoms with Crippen LogP contribution in [0.2, 0.25) is 0 Å². The number of aryl methyl sites for hydroxylation is 1. The van der Waals surface area contributed by atoms with Crippen molar-refractivity contribution in [1.82, 2.24) is 0 Å². The number of hydrogen-bond acceptors (Lipinski definition) is 3. The van der Waals surface area contributed by atoms with E-state index in [9.17, 15) is 9.90 Å². The molecule has 0 aliphatic heterocycles. The van der Waals surface area contributed by atoms with Crippen LogP contribution in [-0.4, -0.2) is 23.8 Å². The summed E-state index contributed by atoms with van der Waals surface area (Å²) >= 11 is 0. The van der Waals surface area contributed by atoms with Crippen molar-refractivity contribution in [2.24, 2.45) is 0 Å². The van der Waals surface area contributed by atoms with Gasteiger partial charge in [-0.2, -0.15) is 0 Å². The lowest BCUT2D eigenvalue weighted by Gasteiger charge is -2.29. The number of rotatable bonds is 4. The van der Waals surface area contributed by atoms with Gasteiger partial charge in [-0.05, 0) is 44.9 Å². The third kappa shape index (κ3) is 3.01. The van der Waals surface area contributed by atoms with Gasteiger partial charge < -0.3 is 15.3 Å². The van der Waals surface area contributed by atoms with E-state index in [4.69, 9.17) is 0 Å². The van der Waals surface area contributed by atoms with Gasteiger partial charge in [-0.3, -0.25) is 4.79 Å². The number of carbonyl (C=O) groups excluding carboxylic acids is 1. The summed E-state index contributed by atoms with van der Waals surface area (Å²) in [6, 6.07) is 3.94. The number of nitrogens with one attached hydrogen (secondary N) is 1. The van der Waals surface area contributed by atoms with Crippen molar-refractivity contribution in [3.63, 3.8) is 0 Å². The van der Waals surface area contributed by atoms with Crippen LogP contribution >= 0.6 is 0 Å². The lowest BCUT2D eigenvalue weighted by molar-refractivity contribution is -0.114. The highest BCUT2D eigenvalue weighted by atomic mass is 16.3.